The SMILES string of the molecule is COc1ccc(-c2c(C=N)[nH]c(C#N)c2CO)c(OC)c1OC. The van der Waals surface area contributed by atoms with E-state index in [2.05, 4.69) is 4.98 Å². The lowest BCUT2D eigenvalue weighted by molar-refractivity contribution is 0.282. The van der Waals surface area contributed by atoms with Gasteiger partial charge < -0.3 is 29.7 Å². The monoisotopic (exact) mass is 315 g/mol. The van der Waals surface area contributed by atoms with E-state index in [0.29, 0.717) is 39.6 Å². The Hall–Kier alpha value is -2.98. The lowest BCUT2D eigenvalue weighted by Gasteiger charge is -2.16. The van der Waals surface area contributed by atoms with Gasteiger partial charge in [0.1, 0.15) is 11.8 Å². The molecule has 0 aliphatic carbocycles. The van der Waals surface area contributed by atoms with Crippen LogP contribution in [-0.4, -0.2) is 37.6 Å². The van der Waals surface area contributed by atoms with Crippen molar-refractivity contribution in [2.24, 2.45) is 0 Å². The maximum atomic E-state index is 9.65. The third kappa shape index (κ3) is 2.60. The van der Waals surface area contributed by atoms with E-state index in [4.69, 9.17) is 19.6 Å². The lowest BCUT2D eigenvalue weighted by atomic mass is 9.99. The summed E-state index contributed by atoms with van der Waals surface area (Å²) in [6, 6.07) is 5.42. The van der Waals surface area contributed by atoms with Crippen molar-refractivity contribution < 1.29 is 19.3 Å². The molecule has 0 bridgehead atoms. The normalized spacial score (nSPS) is 10.0. The number of aliphatic hydroxyl groups is 1. The van der Waals surface area contributed by atoms with Crippen molar-refractivity contribution in [2.75, 3.05) is 21.3 Å². The Balaban J connectivity index is 2.84. The number of aliphatic hydroxyl groups excluding tert-OH is 1. The summed E-state index contributed by atoms with van der Waals surface area (Å²) in [6.07, 6.45) is 1.09. The fourth-order valence-electron chi connectivity index (χ4n) is 2.53. The molecule has 0 spiro atoms. The number of nitrogens with one attached hydrogen (secondary N) is 2. The number of hydrogen-bond donors (Lipinski definition) is 3. The Labute approximate surface area is 133 Å². The number of ether oxygens (including phenoxy) is 3. The van der Waals surface area contributed by atoms with Gasteiger partial charge in [-0.25, -0.2) is 0 Å². The van der Waals surface area contributed by atoms with E-state index in [9.17, 15) is 10.4 Å². The summed E-state index contributed by atoms with van der Waals surface area (Å²) in [5.74, 6) is 1.28. The fourth-order valence-corrected chi connectivity index (χ4v) is 2.53. The number of nitrogens with zero attached hydrogens (tertiary/aromatic N) is 1. The second-order valence-corrected chi connectivity index (χ2v) is 4.56. The van der Waals surface area contributed by atoms with Crippen LogP contribution >= 0.6 is 0 Å². The Morgan fingerprint density at radius 3 is 2.39 bits per heavy atom. The van der Waals surface area contributed by atoms with Gasteiger partial charge in [0, 0.05) is 22.9 Å². The van der Waals surface area contributed by atoms with Crippen molar-refractivity contribution in [3.05, 3.63) is 29.1 Å². The highest BCUT2D eigenvalue weighted by atomic mass is 16.5. The highest BCUT2D eigenvalue weighted by Gasteiger charge is 2.24. The minimum absolute atomic E-state index is 0.206. The lowest BCUT2D eigenvalue weighted by Crippen LogP contribution is -1.99. The zero-order chi connectivity index (χ0) is 17.0. The van der Waals surface area contributed by atoms with Gasteiger partial charge >= 0.3 is 0 Å². The molecular weight excluding hydrogens is 298 g/mol. The number of hydrogen-bond acceptors (Lipinski definition) is 6. The van der Waals surface area contributed by atoms with Gasteiger partial charge in [-0.15, -0.1) is 0 Å². The van der Waals surface area contributed by atoms with Crippen molar-refractivity contribution in [1.82, 2.24) is 4.98 Å². The van der Waals surface area contributed by atoms with Gasteiger partial charge in [-0.2, -0.15) is 5.26 Å². The Morgan fingerprint density at radius 1 is 1.22 bits per heavy atom. The van der Waals surface area contributed by atoms with Crippen LogP contribution in [0.25, 0.3) is 11.1 Å². The standard InChI is InChI=1S/C16H17N3O4/c1-21-13-5-4-9(15(22-2)16(13)23-3)14-10(8-20)11(6-17)19-12(14)7-18/h4-5,7,18-20H,8H2,1-3H3. The third-order valence-corrected chi connectivity index (χ3v) is 3.52. The van der Waals surface area contributed by atoms with Crippen molar-refractivity contribution in [1.29, 1.82) is 10.7 Å². The molecule has 1 heterocycles. The van der Waals surface area contributed by atoms with Crippen LogP contribution in [0, 0.1) is 16.7 Å². The number of methoxy groups -OCH3 is 3. The molecule has 1 aromatic heterocycles. The summed E-state index contributed by atoms with van der Waals surface area (Å²) in [7, 11) is 4.50. The van der Waals surface area contributed by atoms with E-state index in [1.54, 1.807) is 12.1 Å². The molecular formula is C16H17N3O4. The molecule has 0 amide bonds. The number of aromatic nitrogens is 1. The van der Waals surface area contributed by atoms with Gasteiger partial charge in [0.2, 0.25) is 5.75 Å². The quantitative estimate of drug-likeness (QED) is 0.707. The van der Waals surface area contributed by atoms with Crippen molar-refractivity contribution >= 4 is 6.21 Å². The molecule has 23 heavy (non-hydrogen) atoms. The minimum Gasteiger partial charge on any atom is -0.493 e. The molecule has 0 aliphatic heterocycles. The molecule has 0 unspecified atom stereocenters. The zero-order valence-electron chi connectivity index (χ0n) is 13.1. The summed E-state index contributed by atoms with van der Waals surface area (Å²) in [5.41, 5.74) is 2.12. The number of nitriles is 1. The third-order valence-electron chi connectivity index (χ3n) is 3.52. The van der Waals surface area contributed by atoms with Crippen LogP contribution < -0.4 is 14.2 Å². The first-order chi connectivity index (χ1) is 11.2. The van der Waals surface area contributed by atoms with Gasteiger partial charge in [-0.3, -0.25) is 0 Å². The summed E-state index contributed by atoms with van der Waals surface area (Å²) >= 11 is 0. The summed E-state index contributed by atoms with van der Waals surface area (Å²) in [5, 5.41) is 26.4. The highest BCUT2D eigenvalue weighted by molar-refractivity contribution is 5.92. The molecule has 3 N–H and O–H groups in total. The first kappa shape index (κ1) is 16.4. The van der Waals surface area contributed by atoms with E-state index in [1.165, 1.54) is 21.3 Å². The largest absolute Gasteiger partial charge is 0.493 e. The maximum Gasteiger partial charge on any atom is 0.203 e. The molecule has 7 nitrogen and oxygen atoms in total. The van der Waals surface area contributed by atoms with Gasteiger partial charge in [-0.1, -0.05) is 0 Å². The molecule has 7 heteroatoms. The Morgan fingerprint density at radius 2 is 1.91 bits per heavy atom. The molecule has 120 valence electrons. The van der Waals surface area contributed by atoms with Crippen LogP contribution in [0.3, 0.4) is 0 Å². The fraction of sp³-hybridized carbons (Fsp3) is 0.250. The van der Waals surface area contributed by atoms with Gasteiger partial charge in [0.15, 0.2) is 11.5 Å². The summed E-state index contributed by atoms with van der Waals surface area (Å²) in [6.45, 7) is -0.347. The topological polar surface area (TPSA) is 111 Å². The molecule has 1 aromatic carbocycles. The second kappa shape index (κ2) is 6.85. The number of aromatic amines is 1. The average molecular weight is 315 g/mol. The molecule has 2 aromatic rings. The zero-order valence-corrected chi connectivity index (χ0v) is 13.1. The van der Waals surface area contributed by atoms with Crippen LogP contribution in [0.15, 0.2) is 12.1 Å². The maximum absolute atomic E-state index is 9.65. The molecule has 0 atom stereocenters. The molecule has 0 fully saturated rings. The molecule has 0 aliphatic rings. The smallest absolute Gasteiger partial charge is 0.203 e. The number of H-pyrrole nitrogens is 1. The first-order valence-corrected chi connectivity index (χ1v) is 6.72. The van der Waals surface area contributed by atoms with Gasteiger partial charge in [0.25, 0.3) is 0 Å². The minimum atomic E-state index is -0.347. The molecule has 0 saturated heterocycles. The summed E-state index contributed by atoms with van der Waals surface area (Å²) < 4.78 is 16.1. The predicted octanol–water partition coefficient (Wildman–Crippen LogP) is 2.07. The van der Waals surface area contributed by atoms with E-state index < -0.39 is 0 Å². The Bertz CT molecular complexity index is 775. The van der Waals surface area contributed by atoms with Crippen LogP contribution in [0.2, 0.25) is 0 Å². The van der Waals surface area contributed by atoms with Crippen LogP contribution in [0.5, 0.6) is 17.2 Å². The van der Waals surface area contributed by atoms with Crippen LogP contribution in [0.1, 0.15) is 17.0 Å². The number of benzene rings is 1. The highest BCUT2D eigenvalue weighted by Crippen LogP contribution is 2.46. The van der Waals surface area contributed by atoms with E-state index in [0.717, 1.165) is 6.21 Å². The number of rotatable bonds is 6. The van der Waals surface area contributed by atoms with E-state index >= 15 is 0 Å². The first-order valence-electron chi connectivity index (χ1n) is 6.72. The average Bonchev–Trinajstić information content (AvgIpc) is 2.97. The van der Waals surface area contributed by atoms with Crippen LogP contribution in [-0.2, 0) is 6.61 Å². The van der Waals surface area contributed by atoms with E-state index in [1.807, 2.05) is 6.07 Å². The van der Waals surface area contributed by atoms with Crippen molar-refractivity contribution in [3.8, 4) is 34.4 Å². The molecule has 0 saturated carbocycles. The van der Waals surface area contributed by atoms with Crippen LogP contribution in [0.4, 0.5) is 0 Å². The molecule has 2 rings (SSSR count). The molecule has 0 radical (unpaired) electrons. The van der Waals surface area contributed by atoms with Crippen molar-refractivity contribution in [2.45, 2.75) is 6.61 Å². The second-order valence-electron chi connectivity index (χ2n) is 4.56. The van der Waals surface area contributed by atoms with E-state index in [-0.39, 0.29) is 12.3 Å². The summed E-state index contributed by atoms with van der Waals surface area (Å²) in [4.78, 5) is 2.82. The van der Waals surface area contributed by atoms with Gasteiger partial charge in [0.05, 0.1) is 33.6 Å². The van der Waals surface area contributed by atoms with Gasteiger partial charge in [-0.05, 0) is 12.1 Å². The predicted molar refractivity (Wildman–Crippen MR) is 84.4 cm³/mol. The van der Waals surface area contributed by atoms with Crippen molar-refractivity contribution in [3.63, 3.8) is 0 Å². The Kier molecular flexibility index (Phi) is 4.88.